The lowest BCUT2D eigenvalue weighted by atomic mass is 9.35. The van der Waals surface area contributed by atoms with Crippen LogP contribution in [0.3, 0.4) is 0 Å². The molecular formula is C43H66N2O5. The van der Waals surface area contributed by atoms with Gasteiger partial charge in [-0.3, -0.25) is 19.2 Å². The zero-order chi connectivity index (χ0) is 36.2. The van der Waals surface area contributed by atoms with E-state index >= 15 is 0 Å². The number of nitrogens with one attached hydrogen (secondary N) is 1. The zero-order valence-electron chi connectivity index (χ0n) is 32.2. The summed E-state index contributed by atoms with van der Waals surface area (Å²) in [6, 6.07) is 0. The molecule has 11 unspecified atom stereocenters. The van der Waals surface area contributed by atoms with Crippen molar-refractivity contribution in [1.29, 1.82) is 0 Å². The van der Waals surface area contributed by atoms with Crippen LogP contribution in [0.15, 0.2) is 11.1 Å². The van der Waals surface area contributed by atoms with Crippen molar-refractivity contribution in [3.8, 4) is 0 Å². The number of hydrogen-bond donors (Lipinski definition) is 3. The normalized spacial score (nSPS) is 44.2. The second-order valence-corrected chi connectivity index (χ2v) is 20.4. The predicted octanol–water partition coefficient (Wildman–Crippen LogP) is 7.90. The Labute approximate surface area is 301 Å². The zero-order valence-corrected chi connectivity index (χ0v) is 32.2. The highest BCUT2D eigenvalue weighted by Crippen LogP contribution is 2.74. The second-order valence-electron chi connectivity index (χ2n) is 20.4. The largest absolute Gasteiger partial charge is 0.481 e. The van der Waals surface area contributed by atoms with E-state index in [0.717, 1.165) is 56.9 Å². The third-order valence-corrected chi connectivity index (χ3v) is 17.4. The summed E-state index contributed by atoms with van der Waals surface area (Å²) < 4.78 is 0. The van der Waals surface area contributed by atoms with Gasteiger partial charge in [0.05, 0.1) is 5.92 Å². The van der Waals surface area contributed by atoms with E-state index in [-0.39, 0.29) is 62.6 Å². The smallest absolute Gasteiger partial charge is 0.306 e. The molecule has 0 aromatic rings. The molecule has 0 radical (unpaired) electrons. The number of ketones is 2. The van der Waals surface area contributed by atoms with Crippen LogP contribution in [0.2, 0.25) is 0 Å². The molecule has 0 saturated heterocycles. The van der Waals surface area contributed by atoms with Crippen LogP contribution < -0.4 is 11.1 Å². The summed E-state index contributed by atoms with van der Waals surface area (Å²) in [7, 11) is 0. The SMILES string of the molecule is CC(C)C1=C2C3CCC4C(C)(CCC5C(C)(C)C(CC(=O)C6CC(C(=O)O)C6C)CCC54C)C3CCC2(CC(=O)NCC2(N)CCC2)CC1=O. The number of carbonyl (C=O) groups is 4. The van der Waals surface area contributed by atoms with Gasteiger partial charge in [-0.15, -0.1) is 0 Å². The van der Waals surface area contributed by atoms with Crippen molar-refractivity contribution in [2.75, 3.05) is 6.54 Å². The molecule has 278 valence electrons. The van der Waals surface area contributed by atoms with Gasteiger partial charge in [0.2, 0.25) is 5.91 Å². The Morgan fingerprint density at radius 1 is 0.900 bits per heavy atom. The standard InChI is InChI=1S/C43H66N2O5/c1-24(2)36-32(47)21-42(22-35(48)45-23-43(44)14-8-15-43)18-12-30-27(37(36)42)9-10-34-40(30,6)17-13-33-39(4,5)26(11-16-41(33,34)7)19-31(46)28-20-29(25(28)3)38(49)50/h24-30,33-34H,8-23,44H2,1-7H3,(H,45,48)(H,49,50). The number of rotatable bonds is 9. The highest BCUT2D eigenvalue weighted by atomic mass is 16.4. The lowest BCUT2D eigenvalue weighted by Crippen LogP contribution is -2.62. The third-order valence-electron chi connectivity index (χ3n) is 17.4. The minimum atomic E-state index is -0.759. The molecule has 11 atom stereocenters. The molecule has 50 heavy (non-hydrogen) atoms. The molecule has 7 nitrogen and oxygen atoms in total. The average Bonchev–Trinajstić information content (AvgIpc) is 3.31. The summed E-state index contributed by atoms with van der Waals surface area (Å²) in [5.74, 6) is 1.92. The number of aliphatic carboxylic acids is 1. The third kappa shape index (κ3) is 5.42. The van der Waals surface area contributed by atoms with Crippen molar-refractivity contribution in [2.24, 2.45) is 80.7 Å². The van der Waals surface area contributed by atoms with Gasteiger partial charge in [-0.05, 0) is 140 Å². The number of nitrogens with two attached hydrogens (primary N) is 1. The van der Waals surface area contributed by atoms with E-state index in [2.05, 4.69) is 46.9 Å². The number of fused-ring (bicyclic) bond motifs is 7. The fraction of sp³-hybridized carbons (Fsp3) is 0.860. The first-order valence-corrected chi connectivity index (χ1v) is 20.5. The minimum absolute atomic E-state index is 0.0436. The van der Waals surface area contributed by atoms with Crippen molar-refractivity contribution in [2.45, 2.75) is 150 Å². The van der Waals surface area contributed by atoms with Gasteiger partial charge in [-0.2, -0.15) is 0 Å². The Bertz CT molecular complexity index is 1470. The molecule has 4 N–H and O–H groups in total. The first-order chi connectivity index (χ1) is 23.4. The van der Waals surface area contributed by atoms with Crippen LogP contribution in [0.1, 0.15) is 145 Å². The van der Waals surface area contributed by atoms with Crippen LogP contribution in [-0.2, 0) is 19.2 Å². The monoisotopic (exact) mass is 690 g/mol. The van der Waals surface area contributed by atoms with E-state index in [9.17, 15) is 24.3 Å². The number of hydrogen-bond acceptors (Lipinski definition) is 5. The molecule has 6 saturated carbocycles. The van der Waals surface area contributed by atoms with Gasteiger partial charge >= 0.3 is 5.97 Å². The van der Waals surface area contributed by atoms with Gasteiger partial charge in [0.25, 0.3) is 0 Å². The number of allylic oxidation sites excluding steroid dienone is 2. The quantitative estimate of drug-likeness (QED) is 0.226. The topological polar surface area (TPSA) is 127 Å². The van der Waals surface area contributed by atoms with Gasteiger partial charge < -0.3 is 16.2 Å². The summed E-state index contributed by atoms with van der Waals surface area (Å²) in [6.07, 6.45) is 13.9. The number of carbonyl (C=O) groups excluding carboxylic acids is 3. The van der Waals surface area contributed by atoms with Crippen LogP contribution in [0, 0.1) is 74.9 Å². The number of carboxylic acid groups (broad SMARTS) is 1. The molecule has 7 aliphatic carbocycles. The van der Waals surface area contributed by atoms with Crippen LogP contribution >= 0.6 is 0 Å². The summed E-state index contributed by atoms with van der Waals surface area (Å²) in [5.41, 5.74) is 8.72. The predicted molar refractivity (Wildman–Crippen MR) is 195 cm³/mol. The number of Topliss-reactive ketones (excluding diaryl/α,β-unsaturated/α-hetero) is 2. The summed E-state index contributed by atoms with van der Waals surface area (Å²) in [4.78, 5) is 52.6. The Hall–Kier alpha value is -2.02. The number of amides is 1. The molecule has 0 spiro atoms. The van der Waals surface area contributed by atoms with Crippen molar-refractivity contribution >= 4 is 23.4 Å². The lowest BCUT2D eigenvalue weighted by Gasteiger charge is -2.69. The highest BCUT2D eigenvalue weighted by molar-refractivity contribution is 6.01. The molecule has 0 aromatic heterocycles. The van der Waals surface area contributed by atoms with Crippen molar-refractivity contribution in [1.82, 2.24) is 5.32 Å². The minimum Gasteiger partial charge on any atom is -0.481 e. The fourth-order valence-corrected chi connectivity index (χ4v) is 14.5. The molecule has 0 aromatic carbocycles. The van der Waals surface area contributed by atoms with Crippen LogP contribution in [0.5, 0.6) is 0 Å². The summed E-state index contributed by atoms with van der Waals surface area (Å²) >= 11 is 0. The molecule has 0 heterocycles. The maximum Gasteiger partial charge on any atom is 0.306 e. The summed E-state index contributed by atoms with van der Waals surface area (Å²) in [6.45, 7) is 16.9. The van der Waals surface area contributed by atoms with Gasteiger partial charge in [0.15, 0.2) is 5.78 Å². The first-order valence-electron chi connectivity index (χ1n) is 20.5. The van der Waals surface area contributed by atoms with Gasteiger partial charge in [-0.25, -0.2) is 0 Å². The van der Waals surface area contributed by atoms with E-state index in [1.54, 1.807) is 0 Å². The van der Waals surface area contributed by atoms with E-state index in [0.29, 0.717) is 67.6 Å². The van der Waals surface area contributed by atoms with E-state index in [1.165, 1.54) is 24.8 Å². The van der Waals surface area contributed by atoms with Gasteiger partial charge in [0.1, 0.15) is 5.78 Å². The summed E-state index contributed by atoms with van der Waals surface area (Å²) in [5, 5.41) is 12.7. The molecular weight excluding hydrogens is 624 g/mol. The maximum absolute atomic E-state index is 13.9. The average molecular weight is 691 g/mol. The fourth-order valence-electron chi connectivity index (χ4n) is 14.5. The molecule has 7 heteroatoms. The Morgan fingerprint density at radius 2 is 1.60 bits per heavy atom. The maximum atomic E-state index is 13.9. The van der Waals surface area contributed by atoms with Crippen LogP contribution in [0.4, 0.5) is 0 Å². The molecule has 7 aliphatic rings. The Balaban J connectivity index is 1.10. The van der Waals surface area contributed by atoms with Crippen molar-refractivity contribution < 1.29 is 24.3 Å². The molecule has 0 aliphatic heterocycles. The van der Waals surface area contributed by atoms with Crippen molar-refractivity contribution in [3.05, 3.63) is 11.1 Å². The van der Waals surface area contributed by atoms with Gasteiger partial charge in [0, 0.05) is 42.7 Å². The molecule has 6 fully saturated rings. The van der Waals surface area contributed by atoms with E-state index < -0.39 is 5.97 Å². The first kappa shape index (κ1) is 36.3. The van der Waals surface area contributed by atoms with Gasteiger partial charge in [-0.1, -0.05) is 54.0 Å². The van der Waals surface area contributed by atoms with Crippen LogP contribution in [-0.4, -0.2) is 40.6 Å². The molecule has 7 rings (SSSR count). The molecule has 0 bridgehead atoms. The Morgan fingerprint density at radius 3 is 2.22 bits per heavy atom. The van der Waals surface area contributed by atoms with E-state index in [1.807, 2.05) is 6.92 Å². The second kappa shape index (κ2) is 12.3. The Kier molecular flexibility index (Phi) is 8.92. The number of carboxylic acids is 1. The lowest BCUT2D eigenvalue weighted by molar-refractivity contribution is -0.193. The highest BCUT2D eigenvalue weighted by Gasteiger charge is 2.66. The van der Waals surface area contributed by atoms with Crippen molar-refractivity contribution in [3.63, 3.8) is 0 Å². The van der Waals surface area contributed by atoms with Crippen LogP contribution in [0.25, 0.3) is 0 Å². The van der Waals surface area contributed by atoms with E-state index in [4.69, 9.17) is 5.73 Å². The molecule has 1 amide bonds.